The molecule has 0 fully saturated rings. The second-order valence-corrected chi connectivity index (χ2v) is 14.2. The second-order valence-electron chi connectivity index (χ2n) is 13.2. The van der Waals surface area contributed by atoms with Gasteiger partial charge in [-0.3, -0.25) is 0 Å². The molecule has 0 saturated carbocycles. The molecule has 2 heteroatoms. The Kier molecular flexibility index (Phi) is 5.89. The summed E-state index contributed by atoms with van der Waals surface area (Å²) in [5, 5.41) is 12.4. The molecule has 0 atom stereocenters. The summed E-state index contributed by atoms with van der Waals surface area (Å²) in [5.74, 6) is 0. The van der Waals surface area contributed by atoms with Gasteiger partial charge in [0.15, 0.2) is 0 Å². The summed E-state index contributed by atoms with van der Waals surface area (Å²) in [6, 6.07) is 61.8. The van der Waals surface area contributed by atoms with E-state index < -0.39 is 0 Å². The van der Waals surface area contributed by atoms with Gasteiger partial charge in [-0.05, 0) is 84.6 Å². The van der Waals surface area contributed by atoms with Gasteiger partial charge in [-0.25, -0.2) is 0 Å². The van der Waals surface area contributed by atoms with Crippen molar-refractivity contribution in [3.05, 3.63) is 170 Å². The van der Waals surface area contributed by atoms with E-state index in [9.17, 15) is 0 Å². The van der Waals surface area contributed by atoms with Crippen LogP contribution in [-0.2, 0) is 0 Å². The van der Waals surface area contributed by atoms with E-state index in [4.69, 9.17) is 4.42 Å². The Morgan fingerprint density at radius 1 is 0.360 bits per heavy atom. The number of hydrogen-bond donors (Lipinski definition) is 0. The maximum atomic E-state index is 6.67. The van der Waals surface area contributed by atoms with E-state index in [0.29, 0.717) is 0 Å². The molecular weight excluding hydrogens is 625 g/mol. The summed E-state index contributed by atoms with van der Waals surface area (Å²) in [4.78, 5) is 0. The third-order valence-corrected chi connectivity index (χ3v) is 11.7. The summed E-state index contributed by atoms with van der Waals surface area (Å²) in [6.45, 7) is 0. The molecule has 0 N–H and O–H groups in total. The van der Waals surface area contributed by atoms with E-state index in [1.54, 1.807) is 0 Å². The normalized spacial score (nSPS) is 12.0. The molecule has 0 aliphatic carbocycles. The molecule has 11 aromatic rings. The molecule has 11 rings (SSSR count). The van der Waals surface area contributed by atoms with Gasteiger partial charge in [0.1, 0.15) is 11.2 Å². The first-order valence-corrected chi connectivity index (χ1v) is 17.9. The van der Waals surface area contributed by atoms with Gasteiger partial charge in [0, 0.05) is 36.3 Å². The van der Waals surface area contributed by atoms with Crippen molar-refractivity contribution in [1.29, 1.82) is 0 Å². The van der Waals surface area contributed by atoms with Gasteiger partial charge in [-0.15, -0.1) is 11.3 Å². The Morgan fingerprint density at radius 2 is 0.900 bits per heavy atom. The molecule has 0 spiro atoms. The van der Waals surface area contributed by atoms with Gasteiger partial charge < -0.3 is 4.42 Å². The lowest BCUT2D eigenvalue weighted by Gasteiger charge is -2.18. The second kappa shape index (κ2) is 10.6. The van der Waals surface area contributed by atoms with E-state index in [1.165, 1.54) is 85.9 Å². The van der Waals surface area contributed by atoms with Crippen molar-refractivity contribution in [2.75, 3.05) is 0 Å². The van der Waals surface area contributed by atoms with Crippen molar-refractivity contribution in [3.63, 3.8) is 0 Å². The Bertz CT molecular complexity index is 3070. The molecule has 50 heavy (non-hydrogen) atoms. The summed E-state index contributed by atoms with van der Waals surface area (Å²) in [6.07, 6.45) is 0. The minimum Gasteiger partial charge on any atom is -0.455 e. The van der Waals surface area contributed by atoms with E-state index in [2.05, 4.69) is 170 Å². The Hall–Kier alpha value is -6.22. The predicted octanol–water partition coefficient (Wildman–Crippen LogP) is 14.4. The molecule has 0 saturated heterocycles. The highest BCUT2D eigenvalue weighted by Crippen LogP contribution is 2.45. The van der Waals surface area contributed by atoms with Crippen LogP contribution >= 0.6 is 11.3 Å². The smallest absolute Gasteiger partial charge is 0.144 e. The summed E-state index contributed by atoms with van der Waals surface area (Å²) in [5.41, 5.74) is 9.28. The average molecular weight is 653 g/mol. The predicted molar refractivity (Wildman–Crippen MR) is 215 cm³/mol. The molecule has 0 amide bonds. The van der Waals surface area contributed by atoms with Crippen molar-refractivity contribution in [3.8, 4) is 33.4 Å². The number of fused-ring (bicyclic) bond motifs is 11. The fraction of sp³-hybridized carbons (Fsp3) is 0. The van der Waals surface area contributed by atoms with Crippen LogP contribution in [-0.4, -0.2) is 0 Å². The molecule has 0 unspecified atom stereocenters. The van der Waals surface area contributed by atoms with E-state index >= 15 is 0 Å². The zero-order valence-electron chi connectivity index (χ0n) is 27.0. The molecule has 2 aromatic heterocycles. The molecule has 2 heterocycles. The van der Waals surface area contributed by atoms with Crippen LogP contribution in [0.1, 0.15) is 0 Å². The molecule has 0 aliphatic rings. The lowest BCUT2D eigenvalue weighted by atomic mass is 9.86. The highest BCUT2D eigenvalue weighted by molar-refractivity contribution is 7.26. The summed E-state index contributed by atoms with van der Waals surface area (Å²) < 4.78 is 9.27. The monoisotopic (exact) mass is 652 g/mol. The molecule has 0 radical (unpaired) electrons. The first kappa shape index (κ1) is 27.7. The van der Waals surface area contributed by atoms with Gasteiger partial charge >= 0.3 is 0 Å². The van der Waals surface area contributed by atoms with Crippen LogP contribution in [0, 0.1) is 0 Å². The molecule has 0 aliphatic heterocycles. The van der Waals surface area contributed by atoms with Crippen LogP contribution in [0.2, 0.25) is 0 Å². The maximum absolute atomic E-state index is 6.67. The zero-order valence-corrected chi connectivity index (χ0v) is 27.8. The van der Waals surface area contributed by atoms with Gasteiger partial charge in [0.25, 0.3) is 0 Å². The van der Waals surface area contributed by atoms with Crippen molar-refractivity contribution in [1.82, 2.24) is 0 Å². The number of thiophene rings is 1. The Morgan fingerprint density at radius 3 is 1.58 bits per heavy atom. The minimum atomic E-state index is 0.919. The SMILES string of the molecule is c1ccc(-c2c3ccccc3c(-c3ccc(-c4ccc5oc6c(ccc7ccc8c9ccccc9sc8c76)c5c4)cc3)c3ccccc23)cc1. The van der Waals surface area contributed by atoms with Gasteiger partial charge in [-0.2, -0.15) is 0 Å². The lowest BCUT2D eigenvalue weighted by Crippen LogP contribution is -1.90. The van der Waals surface area contributed by atoms with Crippen LogP contribution in [0.15, 0.2) is 174 Å². The lowest BCUT2D eigenvalue weighted by molar-refractivity contribution is 0.673. The fourth-order valence-electron chi connectivity index (χ4n) is 8.18. The van der Waals surface area contributed by atoms with Crippen molar-refractivity contribution in [2.24, 2.45) is 0 Å². The number of rotatable bonds is 3. The van der Waals surface area contributed by atoms with Gasteiger partial charge in [0.2, 0.25) is 0 Å². The van der Waals surface area contributed by atoms with Crippen LogP contribution < -0.4 is 0 Å². The van der Waals surface area contributed by atoms with Crippen LogP contribution in [0.3, 0.4) is 0 Å². The molecule has 9 aromatic carbocycles. The third-order valence-electron chi connectivity index (χ3n) is 10.5. The Balaban J connectivity index is 1.06. The van der Waals surface area contributed by atoms with Crippen molar-refractivity contribution >= 4 is 85.8 Å². The molecule has 1 nitrogen and oxygen atoms in total. The van der Waals surface area contributed by atoms with Gasteiger partial charge in [-0.1, -0.05) is 146 Å². The van der Waals surface area contributed by atoms with Crippen LogP contribution in [0.5, 0.6) is 0 Å². The van der Waals surface area contributed by atoms with E-state index in [1.807, 2.05) is 11.3 Å². The summed E-state index contributed by atoms with van der Waals surface area (Å²) in [7, 11) is 0. The van der Waals surface area contributed by atoms with E-state index in [0.717, 1.165) is 21.9 Å². The first-order valence-electron chi connectivity index (χ1n) is 17.1. The number of hydrogen-bond acceptors (Lipinski definition) is 2. The maximum Gasteiger partial charge on any atom is 0.144 e. The molecular formula is C48H28OS. The zero-order chi connectivity index (χ0) is 32.8. The van der Waals surface area contributed by atoms with Crippen molar-refractivity contribution in [2.45, 2.75) is 0 Å². The Labute approximate surface area is 292 Å². The largest absolute Gasteiger partial charge is 0.455 e. The van der Waals surface area contributed by atoms with E-state index in [-0.39, 0.29) is 0 Å². The fourth-order valence-corrected chi connectivity index (χ4v) is 9.44. The highest BCUT2D eigenvalue weighted by Gasteiger charge is 2.18. The first-order chi connectivity index (χ1) is 24.8. The summed E-state index contributed by atoms with van der Waals surface area (Å²) >= 11 is 1.86. The standard InChI is InChI=1S/C48H28OS/c1-2-10-30(11-3-1)44-35-13-4-6-15-37(35)45(38-16-7-5-14-36(38)44)31-20-18-29(19-21-31)33-24-27-42-41(28-33)39-25-22-32-23-26-40-34-12-8-9-17-43(34)50-48(40)46(32)47(39)49-42/h1-28H. The van der Waals surface area contributed by atoms with Crippen molar-refractivity contribution < 1.29 is 4.42 Å². The topological polar surface area (TPSA) is 13.1 Å². The minimum absolute atomic E-state index is 0.919. The van der Waals surface area contributed by atoms with Crippen LogP contribution in [0.25, 0.3) is 108 Å². The highest BCUT2D eigenvalue weighted by atomic mass is 32.1. The molecule has 0 bridgehead atoms. The average Bonchev–Trinajstić information content (AvgIpc) is 3.75. The number of benzene rings is 9. The molecule has 232 valence electrons. The van der Waals surface area contributed by atoms with Gasteiger partial charge in [0.05, 0.1) is 0 Å². The quantitative estimate of drug-likeness (QED) is 0.173. The third kappa shape index (κ3) is 4.00. The van der Waals surface area contributed by atoms with Crippen LogP contribution in [0.4, 0.5) is 0 Å². The number of furan rings is 1.